The predicted molar refractivity (Wildman–Crippen MR) is 80.2 cm³/mol. The maximum absolute atomic E-state index is 12.3. The Labute approximate surface area is 121 Å². The van der Waals surface area contributed by atoms with E-state index >= 15 is 0 Å². The van der Waals surface area contributed by atoms with Crippen LogP contribution in [0.25, 0.3) is 10.2 Å². The molecule has 0 radical (unpaired) electrons. The minimum Gasteiger partial charge on any atom is -0.395 e. The first-order valence-corrected chi connectivity index (χ1v) is 7.95. The lowest BCUT2D eigenvalue weighted by Crippen LogP contribution is -2.44. The lowest BCUT2D eigenvalue weighted by molar-refractivity contribution is 0.0869. The highest BCUT2D eigenvalue weighted by Crippen LogP contribution is 2.16. The minimum atomic E-state index is 0.0440. The normalized spacial score (nSPS) is 20.6. The molecule has 2 aromatic rings. The summed E-state index contributed by atoms with van der Waals surface area (Å²) in [6.07, 6.45) is 5.04. The maximum Gasteiger partial charge on any atom is 0.271 e. The summed E-state index contributed by atoms with van der Waals surface area (Å²) in [5, 5.41) is 11.3. The Morgan fingerprint density at radius 1 is 1.40 bits per heavy atom. The van der Waals surface area contributed by atoms with Crippen LogP contribution in [-0.4, -0.2) is 45.3 Å². The molecule has 3 heterocycles. The summed E-state index contributed by atoms with van der Waals surface area (Å²) in [7, 11) is 0. The van der Waals surface area contributed by atoms with Gasteiger partial charge < -0.3 is 5.11 Å². The van der Waals surface area contributed by atoms with Gasteiger partial charge in [0, 0.05) is 19.1 Å². The SMILES string of the molecule is O=c1c2sccc2ncn1CCN1CCCCC1CO. The van der Waals surface area contributed by atoms with Crippen molar-refractivity contribution in [3.8, 4) is 0 Å². The molecule has 0 aliphatic carbocycles. The third kappa shape index (κ3) is 2.63. The number of fused-ring (bicyclic) bond motifs is 1. The average Bonchev–Trinajstić information content (AvgIpc) is 2.96. The number of piperidine rings is 1. The van der Waals surface area contributed by atoms with Crippen molar-refractivity contribution in [1.29, 1.82) is 0 Å². The van der Waals surface area contributed by atoms with E-state index < -0.39 is 0 Å². The molecule has 1 saturated heterocycles. The molecule has 3 rings (SSSR count). The summed E-state index contributed by atoms with van der Waals surface area (Å²) < 4.78 is 2.41. The molecular formula is C14H19N3O2S. The second-order valence-corrected chi connectivity index (χ2v) is 6.16. The van der Waals surface area contributed by atoms with Gasteiger partial charge in [-0.2, -0.15) is 0 Å². The van der Waals surface area contributed by atoms with Crippen LogP contribution in [0.4, 0.5) is 0 Å². The fourth-order valence-corrected chi connectivity index (χ4v) is 3.63. The Kier molecular flexibility index (Phi) is 4.14. The van der Waals surface area contributed by atoms with E-state index in [0.717, 1.165) is 29.7 Å². The Morgan fingerprint density at radius 3 is 3.15 bits per heavy atom. The van der Waals surface area contributed by atoms with Crippen molar-refractivity contribution < 1.29 is 5.11 Å². The van der Waals surface area contributed by atoms with E-state index in [2.05, 4.69) is 9.88 Å². The van der Waals surface area contributed by atoms with Crippen molar-refractivity contribution in [3.05, 3.63) is 28.1 Å². The largest absolute Gasteiger partial charge is 0.395 e. The molecule has 108 valence electrons. The third-order valence-electron chi connectivity index (χ3n) is 4.02. The maximum atomic E-state index is 12.3. The first-order chi connectivity index (χ1) is 9.79. The molecule has 5 nitrogen and oxygen atoms in total. The molecule has 1 atom stereocenters. The summed E-state index contributed by atoms with van der Waals surface area (Å²) in [5.74, 6) is 0. The fourth-order valence-electron chi connectivity index (χ4n) is 2.84. The first kappa shape index (κ1) is 13.7. The zero-order valence-corrected chi connectivity index (χ0v) is 12.2. The van der Waals surface area contributed by atoms with Gasteiger partial charge in [0.1, 0.15) is 4.70 Å². The molecule has 0 aromatic carbocycles. The van der Waals surface area contributed by atoms with Gasteiger partial charge in [-0.3, -0.25) is 14.3 Å². The number of hydrogen-bond acceptors (Lipinski definition) is 5. The van der Waals surface area contributed by atoms with E-state index in [9.17, 15) is 9.90 Å². The average molecular weight is 293 g/mol. The standard InChI is InChI=1S/C14H19N3O2S/c18-9-11-3-1-2-5-16(11)6-7-17-10-15-12-4-8-20-13(12)14(17)19/h4,8,10-11,18H,1-3,5-7,9H2. The van der Waals surface area contributed by atoms with Crippen LogP contribution >= 0.6 is 11.3 Å². The molecule has 1 aliphatic heterocycles. The summed E-state index contributed by atoms with van der Waals surface area (Å²) in [5.41, 5.74) is 0.824. The van der Waals surface area contributed by atoms with Crippen LogP contribution in [0.3, 0.4) is 0 Å². The molecule has 0 bridgehead atoms. The smallest absolute Gasteiger partial charge is 0.271 e. The molecule has 2 aromatic heterocycles. The van der Waals surface area contributed by atoms with Crippen LogP contribution in [0.5, 0.6) is 0 Å². The minimum absolute atomic E-state index is 0.0440. The number of hydrogen-bond donors (Lipinski definition) is 1. The quantitative estimate of drug-likeness (QED) is 0.923. The first-order valence-electron chi connectivity index (χ1n) is 7.07. The van der Waals surface area contributed by atoms with E-state index in [4.69, 9.17) is 0 Å². The summed E-state index contributed by atoms with van der Waals surface area (Å²) in [6, 6.07) is 2.12. The van der Waals surface area contributed by atoms with Gasteiger partial charge >= 0.3 is 0 Å². The molecule has 1 fully saturated rings. The zero-order valence-electron chi connectivity index (χ0n) is 11.4. The third-order valence-corrected chi connectivity index (χ3v) is 4.92. The number of likely N-dealkylation sites (tertiary alicyclic amines) is 1. The van der Waals surface area contributed by atoms with Crippen LogP contribution < -0.4 is 5.56 Å². The zero-order chi connectivity index (χ0) is 13.9. The summed E-state index contributed by atoms with van der Waals surface area (Å²) in [4.78, 5) is 18.9. The number of aliphatic hydroxyl groups excluding tert-OH is 1. The van der Waals surface area contributed by atoms with E-state index in [0.29, 0.717) is 6.54 Å². The molecule has 1 aliphatic rings. The lowest BCUT2D eigenvalue weighted by atomic mass is 10.0. The summed E-state index contributed by atoms with van der Waals surface area (Å²) >= 11 is 1.45. The second kappa shape index (κ2) is 6.03. The van der Waals surface area contributed by atoms with Crippen LogP contribution in [0.15, 0.2) is 22.6 Å². The van der Waals surface area contributed by atoms with Crippen LogP contribution in [0.1, 0.15) is 19.3 Å². The topological polar surface area (TPSA) is 58.4 Å². The van der Waals surface area contributed by atoms with Crippen LogP contribution in [-0.2, 0) is 6.54 Å². The Morgan fingerprint density at radius 2 is 2.30 bits per heavy atom. The fraction of sp³-hybridized carbons (Fsp3) is 0.571. The van der Waals surface area contributed by atoms with Crippen molar-refractivity contribution in [2.75, 3.05) is 19.7 Å². The van der Waals surface area contributed by atoms with Crippen LogP contribution in [0.2, 0.25) is 0 Å². The molecule has 0 spiro atoms. The van der Waals surface area contributed by atoms with Crippen molar-refractivity contribution in [2.24, 2.45) is 0 Å². The molecule has 6 heteroatoms. The van der Waals surface area contributed by atoms with Gasteiger partial charge in [-0.15, -0.1) is 11.3 Å². The van der Waals surface area contributed by atoms with Gasteiger partial charge in [0.2, 0.25) is 0 Å². The molecule has 1 N–H and O–H groups in total. The molecule has 20 heavy (non-hydrogen) atoms. The monoisotopic (exact) mass is 293 g/mol. The molecule has 1 unspecified atom stereocenters. The second-order valence-electron chi connectivity index (χ2n) is 5.25. The number of nitrogens with zero attached hydrogens (tertiary/aromatic N) is 3. The number of aliphatic hydroxyl groups is 1. The van der Waals surface area contributed by atoms with Gasteiger partial charge in [0.25, 0.3) is 5.56 Å². The van der Waals surface area contributed by atoms with Gasteiger partial charge in [-0.05, 0) is 30.8 Å². The van der Waals surface area contributed by atoms with Gasteiger partial charge in [-0.25, -0.2) is 4.98 Å². The highest BCUT2D eigenvalue weighted by molar-refractivity contribution is 7.17. The Bertz CT molecular complexity index is 637. The number of aromatic nitrogens is 2. The highest BCUT2D eigenvalue weighted by atomic mass is 32.1. The lowest BCUT2D eigenvalue weighted by Gasteiger charge is -2.34. The van der Waals surface area contributed by atoms with Crippen molar-refractivity contribution in [3.63, 3.8) is 0 Å². The molecule has 0 amide bonds. The Hall–Kier alpha value is -1.24. The predicted octanol–water partition coefficient (Wildman–Crippen LogP) is 1.30. The van der Waals surface area contributed by atoms with E-state index in [-0.39, 0.29) is 18.2 Å². The van der Waals surface area contributed by atoms with Crippen molar-refractivity contribution in [2.45, 2.75) is 31.8 Å². The molecular weight excluding hydrogens is 274 g/mol. The Balaban J connectivity index is 1.73. The van der Waals surface area contributed by atoms with Crippen molar-refractivity contribution >= 4 is 21.6 Å². The van der Waals surface area contributed by atoms with E-state index in [1.54, 1.807) is 10.9 Å². The van der Waals surface area contributed by atoms with Crippen molar-refractivity contribution in [1.82, 2.24) is 14.5 Å². The van der Waals surface area contributed by atoms with Crippen LogP contribution in [0, 0.1) is 0 Å². The number of rotatable bonds is 4. The number of thiophene rings is 1. The van der Waals surface area contributed by atoms with E-state index in [1.165, 1.54) is 24.2 Å². The highest BCUT2D eigenvalue weighted by Gasteiger charge is 2.21. The van der Waals surface area contributed by atoms with Gasteiger partial charge in [0.15, 0.2) is 0 Å². The van der Waals surface area contributed by atoms with Gasteiger partial charge in [-0.1, -0.05) is 6.42 Å². The molecule has 0 saturated carbocycles. The van der Waals surface area contributed by atoms with E-state index in [1.807, 2.05) is 11.4 Å². The van der Waals surface area contributed by atoms with Gasteiger partial charge in [0.05, 0.1) is 18.5 Å². The summed E-state index contributed by atoms with van der Waals surface area (Å²) in [6.45, 7) is 2.64.